The van der Waals surface area contributed by atoms with Gasteiger partial charge >= 0.3 is 5.69 Å². The minimum atomic E-state index is -0.0867. The number of benzene rings is 1. The molecule has 0 fully saturated rings. The smallest absolute Gasteiger partial charge is 0.298 e. The van der Waals surface area contributed by atoms with Crippen molar-refractivity contribution in [2.75, 3.05) is 13.6 Å². The van der Waals surface area contributed by atoms with Gasteiger partial charge in [0.2, 0.25) is 0 Å². The van der Waals surface area contributed by atoms with Crippen LogP contribution < -0.4 is 5.69 Å². The van der Waals surface area contributed by atoms with Crippen molar-refractivity contribution in [3.05, 3.63) is 70.8 Å². The summed E-state index contributed by atoms with van der Waals surface area (Å²) in [6.07, 6.45) is 1.75. The molecule has 1 aromatic carbocycles. The second-order valence-corrected chi connectivity index (χ2v) is 5.50. The van der Waals surface area contributed by atoms with Crippen LogP contribution in [0.25, 0.3) is 5.65 Å². The van der Waals surface area contributed by atoms with Crippen molar-refractivity contribution < 1.29 is 0 Å². The van der Waals surface area contributed by atoms with Crippen LogP contribution in [0.5, 0.6) is 0 Å². The Bertz CT molecular complexity index is 806. The topological polar surface area (TPSA) is 42.5 Å². The van der Waals surface area contributed by atoms with Gasteiger partial charge in [0, 0.05) is 18.8 Å². The van der Waals surface area contributed by atoms with Gasteiger partial charge in [-0.15, -0.1) is 5.10 Å². The molecule has 0 N–H and O–H groups in total. The van der Waals surface area contributed by atoms with Crippen LogP contribution in [0.15, 0.2) is 59.5 Å². The summed E-state index contributed by atoms with van der Waals surface area (Å²) in [6, 6.07) is 16.2. The highest BCUT2D eigenvalue weighted by molar-refractivity contribution is 5.35. The van der Waals surface area contributed by atoms with Gasteiger partial charge in [-0.2, -0.15) is 0 Å². The van der Waals surface area contributed by atoms with Gasteiger partial charge in [0.05, 0.1) is 6.54 Å². The molecule has 114 valence electrons. The van der Waals surface area contributed by atoms with E-state index in [0.29, 0.717) is 18.2 Å². The maximum Gasteiger partial charge on any atom is 0.350 e. The van der Waals surface area contributed by atoms with E-state index in [-0.39, 0.29) is 5.69 Å². The second kappa shape index (κ2) is 6.15. The Kier molecular flexibility index (Phi) is 4.06. The van der Waals surface area contributed by atoms with E-state index in [1.807, 2.05) is 36.4 Å². The molecule has 3 aromatic rings. The summed E-state index contributed by atoms with van der Waals surface area (Å²) in [6.45, 7) is 3.51. The summed E-state index contributed by atoms with van der Waals surface area (Å²) in [5.74, 6) is 0. The maximum atomic E-state index is 12.2. The van der Waals surface area contributed by atoms with Crippen LogP contribution in [0, 0.1) is 0 Å². The third-order valence-corrected chi connectivity index (χ3v) is 4.10. The van der Waals surface area contributed by atoms with Crippen LogP contribution in [-0.4, -0.2) is 32.7 Å². The van der Waals surface area contributed by atoms with E-state index in [4.69, 9.17) is 0 Å². The molecule has 0 spiro atoms. The molecule has 0 aliphatic carbocycles. The third-order valence-electron chi connectivity index (χ3n) is 4.10. The fourth-order valence-electron chi connectivity index (χ4n) is 2.55. The zero-order valence-corrected chi connectivity index (χ0v) is 12.9. The predicted molar refractivity (Wildman–Crippen MR) is 86.9 cm³/mol. The molecule has 22 heavy (non-hydrogen) atoms. The molecular weight excluding hydrogens is 276 g/mol. The molecule has 0 saturated heterocycles. The average molecular weight is 296 g/mol. The first-order chi connectivity index (χ1) is 10.7. The number of aromatic nitrogens is 3. The molecule has 3 rings (SSSR count). The predicted octanol–water partition coefficient (Wildman–Crippen LogP) is 2.19. The molecule has 0 bridgehead atoms. The number of likely N-dealkylation sites (N-methyl/N-ethyl adjacent to an activating group) is 1. The van der Waals surface area contributed by atoms with Crippen LogP contribution in [0.2, 0.25) is 0 Å². The quantitative estimate of drug-likeness (QED) is 0.725. The highest BCUT2D eigenvalue weighted by atomic mass is 16.2. The van der Waals surface area contributed by atoms with Crippen LogP contribution in [0.1, 0.15) is 18.5 Å². The highest BCUT2D eigenvalue weighted by Gasteiger charge is 2.12. The molecule has 0 saturated carbocycles. The van der Waals surface area contributed by atoms with Gasteiger partial charge < -0.3 is 0 Å². The van der Waals surface area contributed by atoms with Crippen molar-refractivity contribution in [2.45, 2.75) is 19.5 Å². The lowest BCUT2D eigenvalue weighted by Crippen LogP contribution is -2.30. The Balaban J connectivity index is 1.71. The fourth-order valence-corrected chi connectivity index (χ4v) is 2.55. The van der Waals surface area contributed by atoms with Crippen LogP contribution in [0.4, 0.5) is 0 Å². The van der Waals surface area contributed by atoms with Gasteiger partial charge in [0.1, 0.15) is 0 Å². The lowest BCUT2D eigenvalue weighted by atomic mass is 10.1. The van der Waals surface area contributed by atoms with Crippen molar-refractivity contribution in [1.82, 2.24) is 19.1 Å². The van der Waals surface area contributed by atoms with Gasteiger partial charge in [-0.1, -0.05) is 36.4 Å². The first-order valence-electron chi connectivity index (χ1n) is 7.46. The first-order valence-corrected chi connectivity index (χ1v) is 7.46. The Labute approximate surface area is 129 Å². The van der Waals surface area contributed by atoms with Crippen LogP contribution >= 0.6 is 0 Å². The summed E-state index contributed by atoms with van der Waals surface area (Å²) < 4.78 is 3.10. The molecule has 1 atom stereocenters. The third kappa shape index (κ3) is 2.80. The zero-order chi connectivity index (χ0) is 15.5. The second-order valence-electron chi connectivity index (χ2n) is 5.50. The Hall–Kier alpha value is -2.40. The molecule has 0 aliphatic rings. The summed E-state index contributed by atoms with van der Waals surface area (Å²) in [7, 11) is 2.07. The summed E-state index contributed by atoms with van der Waals surface area (Å²) in [5, 5.41) is 4.36. The number of fused-ring (bicyclic) bond motifs is 1. The molecule has 2 heterocycles. The summed E-state index contributed by atoms with van der Waals surface area (Å²) in [4.78, 5) is 14.5. The van der Waals surface area contributed by atoms with Crippen molar-refractivity contribution in [1.29, 1.82) is 0 Å². The molecule has 0 amide bonds. The van der Waals surface area contributed by atoms with E-state index >= 15 is 0 Å². The van der Waals surface area contributed by atoms with Gasteiger partial charge in [-0.3, -0.25) is 9.30 Å². The lowest BCUT2D eigenvalue weighted by Gasteiger charge is -2.24. The number of pyridine rings is 1. The number of hydrogen-bond donors (Lipinski definition) is 0. The number of hydrogen-bond acceptors (Lipinski definition) is 3. The SMILES string of the molecule is CC(c1ccccc1)N(C)CCn1nc2ccccn2c1=O. The minimum absolute atomic E-state index is 0.0867. The molecule has 5 heteroatoms. The Morgan fingerprint density at radius 2 is 1.86 bits per heavy atom. The minimum Gasteiger partial charge on any atom is -0.298 e. The first kappa shape index (κ1) is 14.5. The molecule has 5 nitrogen and oxygen atoms in total. The van der Waals surface area contributed by atoms with Gasteiger partial charge in [0.25, 0.3) is 0 Å². The Morgan fingerprint density at radius 1 is 1.14 bits per heavy atom. The van der Waals surface area contributed by atoms with E-state index in [2.05, 4.69) is 36.1 Å². The normalized spacial score (nSPS) is 12.9. The van der Waals surface area contributed by atoms with Gasteiger partial charge in [0.15, 0.2) is 5.65 Å². The standard InChI is InChI=1S/C17H20N4O/c1-14(15-8-4-3-5-9-15)19(2)12-13-21-17(22)20-11-7-6-10-16(20)18-21/h3-11,14H,12-13H2,1-2H3. The van der Waals surface area contributed by atoms with Crippen molar-refractivity contribution in [3.63, 3.8) is 0 Å². The number of nitrogens with zero attached hydrogens (tertiary/aromatic N) is 4. The molecular formula is C17H20N4O. The molecule has 2 aromatic heterocycles. The summed E-state index contributed by atoms with van der Waals surface area (Å²) in [5.41, 5.74) is 1.87. The number of rotatable bonds is 5. The van der Waals surface area contributed by atoms with Gasteiger partial charge in [-0.05, 0) is 31.7 Å². The van der Waals surface area contributed by atoms with E-state index in [0.717, 1.165) is 6.54 Å². The van der Waals surface area contributed by atoms with Crippen molar-refractivity contribution in [3.8, 4) is 0 Å². The molecule has 0 radical (unpaired) electrons. The largest absolute Gasteiger partial charge is 0.350 e. The maximum absolute atomic E-state index is 12.2. The van der Waals surface area contributed by atoms with Crippen LogP contribution in [0.3, 0.4) is 0 Å². The average Bonchev–Trinajstić information content (AvgIpc) is 2.89. The van der Waals surface area contributed by atoms with E-state index in [1.54, 1.807) is 10.6 Å². The summed E-state index contributed by atoms with van der Waals surface area (Å²) >= 11 is 0. The van der Waals surface area contributed by atoms with Crippen molar-refractivity contribution >= 4 is 5.65 Å². The Morgan fingerprint density at radius 3 is 2.59 bits per heavy atom. The highest BCUT2D eigenvalue weighted by Crippen LogP contribution is 2.17. The van der Waals surface area contributed by atoms with Crippen LogP contribution in [-0.2, 0) is 6.54 Å². The monoisotopic (exact) mass is 296 g/mol. The molecule has 1 unspecified atom stereocenters. The molecule has 0 aliphatic heterocycles. The van der Waals surface area contributed by atoms with E-state index in [9.17, 15) is 4.79 Å². The van der Waals surface area contributed by atoms with E-state index in [1.165, 1.54) is 10.2 Å². The fraction of sp³-hybridized carbons (Fsp3) is 0.294. The van der Waals surface area contributed by atoms with Crippen molar-refractivity contribution in [2.24, 2.45) is 0 Å². The van der Waals surface area contributed by atoms with E-state index < -0.39 is 0 Å². The zero-order valence-electron chi connectivity index (χ0n) is 12.9. The van der Waals surface area contributed by atoms with Gasteiger partial charge in [-0.25, -0.2) is 9.48 Å². The lowest BCUT2D eigenvalue weighted by molar-refractivity contribution is 0.246.